The van der Waals surface area contributed by atoms with E-state index < -0.39 is 62.9 Å². The number of phenolic OH excluding ortho intramolecular Hbond substituents is 1. The molecule has 3 rings (SSSR count). The van der Waals surface area contributed by atoms with Crippen LogP contribution in [0.3, 0.4) is 0 Å². The van der Waals surface area contributed by atoms with Gasteiger partial charge in [0, 0.05) is 18.0 Å². The molecule has 1 amide bonds. The maximum absolute atomic E-state index is 12.4. The number of sulfone groups is 1. The molecule has 0 saturated heterocycles. The number of amides is 1. The van der Waals surface area contributed by atoms with Crippen LogP contribution in [0.5, 0.6) is 5.75 Å². The summed E-state index contributed by atoms with van der Waals surface area (Å²) in [6.45, 7) is 2.11. The van der Waals surface area contributed by atoms with Gasteiger partial charge in [0.15, 0.2) is 11.2 Å². The Morgan fingerprint density at radius 3 is 2.05 bits per heavy atom. The Morgan fingerprint density at radius 2 is 1.54 bits per heavy atom. The summed E-state index contributed by atoms with van der Waals surface area (Å²) in [5, 5.41) is 20.8. The first kappa shape index (κ1) is 34.7. The fourth-order valence-corrected chi connectivity index (χ4v) is 5.71. The van der Waals surface area contributed by atoms with Crippen LogP contribution in [-0.2, 0) is 39.3 Å². The minimum Gasteiger partial charge on any atom is -0.744 e. The van der Waals surface area contributed by atoms with Crippen LogP contribution in [0.1, 0.15) is 13.8 Å². The predicted octanol–water partition coefficient (Wildman–Crippen LogP) is -3.57. The zero-order chi connectivity index (χ0) is 27.8. The van der Waals surface area contributed by atoms with Gasteiger partial charge in [0.25, 0.3) is 0 Å². The molecule has 1 unspecified atom stereocenters. The van der Waals surface area contributed by atoms with E-state index in [1.54, 1.807) is 0 Å². The predicted molar refractivity (Wildman–Crippen MR) is 126 cm³/mol. The molecule has 14 nitrogen and oxygen atoms in total. The van der Waals surface area contributed by atoms with E-state index in [0.29, 0.717) is 0 Å². The summed E-state index contributed by atoms with van der Waals surface area (Å²) < 4.78 is 96.3. The van der Waals surface area contributed by atoms with Crippen LogP contribution < -0.4 is 43.0 Å². The molecule has 0 aliphatic heterocycles. The zero-order valence-corrected chi connectivity index (χ0v) is 23.3. The van der Waals surface area contributed by atoms with Crippen molar-refractivity contribution in [3.05, 3.63) is 48.5 Å². The van der Waals surface area contributed by atoms with Gasteiger partial charge in [0.1, 0.15) is 15.8 Å². The first-order chi connectivity index (χ1) is 17.0. The third kappa shape index (κ3) is 8.60. The standard InChI is InChI=1S/C20H19N3O11S3.2Li/c1-11(24)21-15-4-3-13-9-18(36(28,29)30)19(20(25)17(13)10-15)23-22-14-5-7-16(8-6-14)35(26,27)12(2)34-37(31,32)33;;/h3-10,12,25H,1-2H3,(H,21,24)(H,28,29,30)(H,31,32,33);;/q;2*+1/p-2. The largest absolute Gasteiger partial charge is 1.00 e. The van der Waals surface area contributed by atoms with Crippen molar-refractivity contribution in [3.8, 4) is 5.75 Å². The van der Waals surface area contributed by atoms with E-state index in [1.807, 2.05) is 0 Å². The molecular weight excluding hydrogens is 568 g/mol. The normalized spacial score (nSPS) is 12.9. The van der Waals surface area contributed by atoms with Crippen LogP contribution in [0.4, 0.5) is 17.1 Å². The Kier molecular flexibility index (Phi) is 11.5. The number of phenols is 1. The van der Waals surface area contributed by atoms with Crippen molar-refractivity contribution in [3.63, 3.8) is 0 Å². The van der Waals surface area contributed by atoms with Gasteiger partial charge in [0.05, 0.1) is 15.5 Å². The number of anilines is 1. The van der Waals surface area contributed by atoms with Crippen LogP contribution in [0.25, 0.3) is 10.8 Å². The fraction of sp³-hybridized carbons (Fsp3) is 0.150. The van der Waals surface area contributed by atoms with E-state index >= 15 is 0 Å². The maximum atomic E-state index is 12.4. The van der Waals surface area contributed by atoms with Crippen LogP contribution >= 0.6 is 0 Å². The fourth-order valence-electron chi connectivity index (χ4n) is 3.13. The number of azo groups is 1. The van der Waals surface area contributed by atoms with Crippen LogP contribution in [0.15, 0.2) is 68.6 Å². The smallest absolute Gasteiger partial charge is 0.744 e. The van der Waals surface area contributed by atoms with Gasteiger partial charge in [-0.15, -0.1) is 5.11 Å². The van der Waals surface area contributed by atoms with Crippen molar-refractivity contribution >= 4 is 64.1 Å². The summed E-state index contributed by atoms with van der Waals surface area (Å²) >= 11 is 0. The number of benzene rings is 3. The van der Waals surface area contributed by atoms with Crippen LogP contribution in [0, 0.1) is 0 Å². The summed E-state index contributed by atoms with van der Waals surface area (Å²) in [4.78, 5) is 10.0. The first-order valence-corrected chi connectivity index (χ1v) is 14.2. The SMILES string of the molecule is CC(=O)Nc1ccc2cc(S(=O)(=O)[O-])c(N=Nc3ccc(S(=O)(=O)C(C)OS(=O)(=O)[O-])cc3)c(O)c2c1.[Li+].[Li+]. The van der Waals surface area contributed by atoms with E-state index in [0.717, 1.165) is 37.3 Å². The number of hydrogen-bond donors (Lipinski definition) is 2. The Hall–Kier alpha value is -2.29. The van der Waals surface area contributed by atoms with Crippen molar-refractivity contribution in [1.82, 2.24) is 0 Å². The Morgan fingerprint density at radius 1 is 0.949 bits per heavy atom. The molecule has 198 valence electrons. The summed E-state index contributed by atoms with van der Waals surface area (Å²) in [7, 11) is -14.8. The number of fused-ring (bicyclic) bond motifs is 1. The molecule has 0 aliphatic rings. The molecule has 3 aromatic carbocycles. The van der Waals surface area contributed by atoms with Gasteiger partial charge >= 0.3 is 37.7 Å². The van der Waals surface area contributed by atoms with Crippen molar-refractivity contribution < 1.29 is 86.2 Å². The quantitative estimate of drug-likeness (QED) is 0.114. The van der Waals surface area contributed by atoms with Crippen LogP contribution in [0.2, 0.25) is 0 Å². The second-order valence-corrected chi connectivity index (χ2v) is 12.0. The van der Waals surface area contributed by atoms with Gasteiger partial charge in [-0.25, -0.2) is 25.3 Å². The molecule has 3 aromatic rings. The molecule has 19 heteroatoms. The Balaban J connectivity index is 0.00000380. The molecular formula is C20H17Li2N3O11S3. The average molecular weight is 585 g/mol. The zero-order valence-electron chi connectivity index (χ0n) is 20.8. The summed E-state index contributed by atoms with van der Waals surface area (Å²) in [5.74, 6) is -1.12. The van der Waals surface area contributed by atoms with Gasteiger partial charge < -0.3 is 19.5 Å². The van der Waals surface area contributed by atoms with E-state index in [1.165, 1.54) is 25.1 Å². The second kappa shape index (κ2) is 12.9. The monoisotopic (exact) mass is 585 g/mol. The molecule has 0 aliphatic carbocycles. The number of nitrogens with zero attached hydrogens (tertiary/aromatic N) is 2. The molecule has 0 fully saturated rings. The Bertz CT molecular complexity index is 1740. The molecule has 0 heterocycles. The molecule has 0 aromatic heterocycles. The van der Waals surface area contributed by atoms with Crippen molar-refractivity contribution in [1.29, 1.82) is 0 Å². The number of carbonyl (C=O) groups excluding carboxylic acids is 1. The molecule has 1 atom stereocenters. The topological polar surface area (TPSA) is 232 Å². The van der Waals surface area contributed by atoms with Gasteiger partial charge in [-0.1, -0.05) is 6.07 Å². The van der Waals surface area contributed by atoms with Crippen molar-refractivity contribution in [2.75, 3.05) is 5.32 Å². The van der Waals surface area contributed by atoms with Gasteiger partial charge in [-0.2, -0.15) is 5.11 Å². The maximum Gasteiger partial charge on any atom is 1.00 e. The summed E-state index contributed by atoms with van der Waals surface area (Å²) in [6.07, 6.45) is 0. The third-order valence-electron chi connectivity index (χ3n) is 4.76. The number of rotatable bonds is 8. The average Bonchev–Trinajstić information content (AvgIpc) is 2.76. The number of hydrogen-bond acceptors (Lipinski definition) is 13. The van der Waals surface area contributed by atoms with Crippen LogP contribution in [-0.4, -0.2) is 50.8 Å². The molecule has 0 radical (unpaired) electrons. The molecule has 39 heavy (non-hydrogen) atoms. The van der Waals surface area contributed by atoms with Crippen molar-refractivity contribution in [2.24, 2.45) is 10.2 Å². The molecule has 2 N–H and O–H groups in total. The van der Waals surface area contributed by atoms with Gasteiger partial charge in [-0.05, 0) is 54.8 Å². The summed E-state index contributed by atoms with van der Waals surface area (Å²) in [6, 6.07) is 9.30. The second-order valence-electron chi connectivity index (χ2n) is 7.45. The van der Waals surface area contributed by atoms with Crippen molar-refractivity contribution in [2.45, 2.75) is 29.1 Å². The minimum atomic E-state index is -5.29. The van der Waals surface area contributed by atoms with Gasteiger partial charge in [-0.3, -0.25) is 8.98 Å². The molecule has 0 saturated carbocycles. The van der Waals surface area contributed by atoms with Gasteiger partial charge in [0.2, 0.25) is 26.1 Å². The molecule has 0 bridgehead atoms. The minimum absolute atomic E-state index is 0. The third-order valence-corrected chi connectivity index (χ3v) is 8.16. The number of carbonyl (C=O) groups is 1. The van der Waals surface area contributed by atoms with E-state index in [2.05, 4.69) is 19.7 Å². The Labute approximate surface area is 247 Å². The van der Waals surface area contributed by atoms with E-state index in [9.17, 15) is 44.3 Å². The van der Waals surface area contributed by atoms with E-state index in [-0.39, 0.29) is 59.9 Å². The van der Waals surface area contributed by atoms with E-state index in [4.69, 9.17) is 0 Å². The molecule has 0 spiro atoms. The number of nitrogens with one attached hydrogen (secondary N) is 1. The first-order valence-electron chi connectivity index (χ1n) is 9.92. The number of aromatic hydroxyl groups is 1. The summed E-state index contributed by atoms with van der Waals surface area (Å²) in [5.41, 5.74) is -2.48.